The van der Waals surface area contributed by atoms with E-state index in [2.05, 4.69) is 30.3 Å². The minimum atomic E-state index is 0.114. The van der Waals surface area contributed by atoms with E-state index in [9.17, 15) is 4.79 Å². The summed E-state index contributed by atoms with van der Waals surface area (Å²) in [6.45, 7) is 3.59. The van der Waals surface area contributed by atoms with Crippen LogP contribution in [0.1, 0.15) is 37.8 Å². The van der Waals surface area contributed by atoms with E-state index in [1.807, 2.05) is 6.92 Å². The van der Waals surface area contributed by atoms with Gasteiger partial charge < -0.3 is 0 Å². The molecule has 0 atom stereocenters. The van der Waals surface area contributed by atoms with Crippen LogP contribution in [0.2, 0.25) is 0 Å². The normalized spacial score (nSPS) is 18.0. The van der Waals surface area contributed by atoms with Crippen molar-refractivity contribution < 1.29 is 4.79 Å². The first kappa shape index (κ1) is 11.8. The molecule has 1 aliphatic rings. The van der Waals surface area contributed by atoms with Crippen molar-refractivity contribution in [3.63, 3.8) is 0 Å². The third kappa shape index (κ3) is 2.94. The lowest BCUT2D eigenvalue weighted by molar-refractivity contribution is -0.112. The minimum absolute atomic E-state index is 0.114. The zero-order chi connectivity index (χ0) is 12.3. The third-order valence-corrected chi connectivity index (χ3v) is 3.09. The van der Waals surface area contributed by atoms with Gasteiger partial charge in [-0.15, -0.1) is 0 Å². The maximum absolute atomic E-state index is 11.0. The van der Waals surface area contributed by atoms with Crippen LogP contribution in [-0.2, 0) is 11.2 Å². The summed E-state index contributed by atoms with van der Waals surface area (Å²) in [7, 11) is 0. The highest BCUT2D eigenvalue weighted by atomic mass is 16.1. The Morgan fingerprint density at radius 2 is 1.94 bits per heavy atom. The largest absolute Gasteiger partial charge is 0.295 e. The van der Waals surface area contributed by atoms with Crippen molar-refractivity contribution in [3.8, 4) is 0 Å². The number of aryl methyl sites for hydroxylation is 1. The van der Waals surface area contributed by atoms with E-state index in [0.29, 0.717) is 0 Å². The molecule has 0 radical (unpaired) electrons. The fourth-order valence-electron chi connectivity index (χ4n) is 2.44. The van der Waals surface area contributed by atoms with E-state index in [1.165, 1.54) is 29.5 Å². The average Bonchev–Trinajstić information content (AvgIpc) is 2.28. The molecule has 0 bridgehead atoms. The van der Waals surface area contributed by atoms with Crippen LogP contribution in [0.4, 0.5) is 0 Å². The van der Waals surface area contributed by atoms with Crippen LogP contribution in [0.5, 0.6) is 0 Å². The predicted molar refractivity (Wildman–Crippen MR) is 71.8 cm³/mol. The molecule has 17 heavy (non-hydrogen) atoms. The fourth-order valence-corrected chi connectivity index (χ4v) is 2.44. The molecule has 0 fully saturated rings. The van der Waals surface area contributed by atoms with Crippen LogP contribution < -0.4 is 0 Å². The maximum atomic E-state index is 11.0. The van der Waals surface area contributed by atoms with E-state index >= 15 is 0 Å². The number of rotatable bonds is 2. The Morgan fingerprint density at radius 1 is 1.18 bits per heavy atom. The van der Waals surface area contributed by atoms with Crippen molar-refractivity contribution in [2.45, 2.75) is 33.1 Å². The Balaban J connectivity index is 2.36. The van der Waals surface area contributed by atoms with Gasteiger partial charge in [-0.3, -0.25) is 4.79 Å². The molecule has 0 N–H and O–H groups in total. The lowest BCUT2D eigenvalue weighted by Gasteiger charge is -2.18. The number of hydrogen-bond donors (Lipinski definition) is 0. The van der Waals surface area contributed by atoms with E-state index in [4.69, 9.17) is 0 Å². The monoisotopic (exact) mass is 226 g/mol. The van der Waals surface area contributed by atoms with Crippen LogP contribution >= 0.6 is 0 Å². The smallest absolute Gasteiger partial charge is 0.152 e. The molecule has 2 rings (SSSR count). The molecule has 0 saturated heterocycles. The van der Waals surface area contributed by atoms with Gasteiger partial charge in [-0.05, 0) is 61.5 Å². The summed E-state index contributed by atoms with van der Waals surface area (Å²) in [6.07, 6.45) is 7.34. The topological polar surface area (TPSA) is 17.1 Å². The van der Waals surface area contributed by atoms with Crippen molar-refractivity contribution in [1.29, 1.82) is 0 Å². The second-order valence-electron chi connectivity index (χ2n) is 4.68. The zero-order valence-corrected chi connectivity index (χ0v) is 10.5. The third-order valence-electron chi connectivity index (χ3n) is 3.09. The number of hydrogen-bond acceptors (Lipinski definition) is 1. The highest BCUT2D eigenvalue weighted by Gasteiger charge is 2.12. The Hall–Kier alpha value is -1.63. The van der Waals surface area contributed by atoms with Crippen LogP contribution in [0, 0.1) is 0 Å². The molecule has 88 valence electrons. The van der Waals surface area contributed by atoms with Gasteiger partial charge in [-0.1, -0.05) is 30.3 Å². The van der Waals surface area contributed by atoms with Crippen molar-refractivity contribution in [2.24, 2.45) is 0 Å². The molecule has 1 nitrogen and oxygen atoms in total. The summed E-state index contributed by atoms with van der Waals surface area (Å²) < 4.78 is 0. The van der Waals surface area contributed by atoms with Gasteiger partial charge in [0.05, 0.1) is 0 Å². The molecule has 1 aromatic rings. The number of fused-ring (bicyclic) bond motifs is 1. The molecule has 0 aromatic heterocycles. The first-order chi connectivity index (χ1) is 8.16. The van der Waals surface area contributed by atoms with E-state index in [1.54, 1.807) is 13.0 Å². The Labute approximate surface area is 103 Å². The number of benzene rings is 1. The number of carbonyl (C=O) groups excluding carboxylic acids is 1. The zero-order valence-electron chi connectivity index (χ0n) is 10.5. The Morgan fingerprint density at radius 3 is 2.71 bits per heavy atom. The van der Waals surface area contributed by atoms with Gasteiger partial charge in [-0.2, -0.15) is 0 Å². The molecule has 1 heteroatoms. The highest BCUT2D eigenvalue weighted by molar-refractivity contribution is 5.89. The molecular weight excluding hydrogens is 208 g/mol. The fraction of sp³-hybridized carbons (Fsp3) is 0.312. The van der Waals surface area contributed by atoms with Gasteiger partial charge in [0.15, 0.2) is 5.78 Å². The van der Waals surface area contributed by atoms with Gasteiger partial charge in [-0.25, -0.2) is 0 Å². The highest BCUT2D eigenvalue weighted by Crippen LogP contribution is 2.31. The second-order valence-corrected chi connectivity index (χ2v) is 4.68. The molecule has 0 saturated carbocycles. The van der Waals surface area contributed by atoms with Gasteiger partial charge >= 0.3 is 0 Å². The summed E-state index contributed by atoms with van der Waals surface area (Å²) in [4.78, 5) is 11.0. The minimum Gasteiger partial charge on any atom is -0.295 e. The standard InChI is InChI=1S/C16H18O/c1-12(10-13(2)17)11-15-8-5-7-14-6-3-4-9-16(14)15/h3-4,6,9-11H,5,7-8H2,1-2H3/b12-10-,15-11+. The van der Waals surface area contributed by atoms with Crippen molar-refractivity contribution in [2.75, 3.05) is 0 Å². The number of carbonyl (C=O) groups is 1. The van der Waals surface area contributed by atoms with Crippen LogP contribution in [0.25, 0.3) is 5.57 Å². The van der Waals surface area contributed by atoms with E-state index in [0.717, 1.165) is 12.0 Å². The summed E-state index contributed by atoms with van der Waals surface area (Å²) in [5, 5.41) is 0. The molecule has 0 unspecified atom stereocenters. The summed E-state index contributed by atoms with van der Waals surface area (Å²) >= 11 is 0. The van der Waals surface area contributed by atoms with Crippen LogP contribution in [0.3, 0.4) is 0 Å². The number of ketones is 1. The summed E-state index contributed by atoms with van der Waals surface area (Å²) in [5.74, 6) is 0.114. The first-order valence-corrected chi connectivity index (χ1v) is 6.14. The van der Waals surface area contributed by atoms with E-state index in [-0.39, 0.29) is 5.78 Å². The van der Waals surface area contributed by atoms with Crippen molar-refractivity contribution in [1.82, 2.24) is 0 Å². The van der Waals surface area contributed by atoms with Gasteiger partial charge in [0.25, 0.3) is 0 Å². The van der Waals surface area contributed by atoms with Gasteiger partial charge in [0.1, 0.15) is 0 Å². The molecule has 1 aromatic carbocycles. The predicted octanol–water partition coefficient (Wildman–Crippen LogP) is 3.94. The number of allylic oxidation sites excluding steroid dienone is 4. The molecule has 0 amide bonds. The van der Waals surface area contributed by atoms with Gasteiger partial charge in [0.2, 0.25) is 0 Å². The maximum Gasteiger partial charge on any atom is 0.152 e. The summed E-state index contributed by atoms with van der Waals surface area (Å²) in [6, 6.07) is 8.57. The van der Waals surface area contributed by atoms with E-state index < -0.39 is 0 Å². The van der Waals surface area contributed by atoms with Crippen molar-refractivity contribution in [3.05, 3.63) is 53.1 Å². The molecule has 0 heterocycles. The Kier molecular flexibility index (Phi) is 3.58. The van der Waals surface area contributed by atoms with Crippen LogP contribution in [0.15, 0.2) is 42.0 Å². The summed E-state index contributed by atoms with van der Waals surface area (Å²) in [5.41, 5.74) is 5.20. The first-order valence-electron chi connectivity index (χ1n) is 6.14. The SMILES string of the molecule is CC(=O)/C=C(C)\C=C1/CCCc2ccccc21. The Bertz CT molecular complexity index is 492. The molecule has 1 aliphatic carbocycles. The molecular formula is C16H18O. The van der Waals surface area contributed by atoms with Crippen LogP contribution in [-0.4, -0.2) is 5.78 Å². The molecule has 0 spiro atoms. The second kappa shape index (κ2) is 5.13. The van der Waals surface area contributed by atoms with Gasteiger partial charge in [0, 0.05) is 0 Å². The van der Waals surface area contributed by atoms with Crippen molar-refractivity contribution >= 4 is 11.4 Å². The quantitative estimate of drug-likeness (QED) is 0.698. The lowest BCUT2D eigenvalue weighted by atomic mass is 9.86. The average molecular weight is 226 g/mol. The molecule has 0 aliphatic heterocycles. The lowest BCUT2D eigenvalue weighted by Crippen LogP contribution is -2.01.